The Kier molecular flexibility index (Phi) is 3.83. The number of rotatable bonds is 4. The summed E-state index contributed by atoms with van der Waals surface area (Å²) < 4.78 is 0. The molecule has 0 spiro atoms. The van der Waals surface area contributed by atoms with Gasteiger partial charge in [0.15, 0.2) is 0 Å². The third-order valence-electron chi connectivity index (χ3n) is 2.86. The Balaban J connectivity index is 2.18. The van der Waals surface area contributed by atoms with E-state index in [0.29, 0.717) is 23.8 Å². The molecule has 1 aromatic heterocycles. The number of hydrogen-bond donors (Lipinski definition) is 2. The van der Waals surface area contributed by atoms with E-state index in [-0.39, 0.29) is 5.92 Å². The van der Waals surface area contributed by atoms with Gasteiger partial charge in [-0.05, 0) is 18.6 Å². The zero-order valence-corrected chi connectivity index (χ0v) is 10.4. The van der Waals surface area contributed by atoms with E-state index in [1.165, 1.54) is 0 Å². The Labute approximate surface area is 104 Å². The summed E-state index contributed by atoms with van der Waals surface area (Å²) in [4.78, 5) is 15.5. The van der Waals surface area contributed by atoms with Crippen molar-refractivity contribution in [1.29, 1.82) is 0 Å². The highest BCUT2D eigenvalue weighted by molar-refractivity contribution is 7.99. The maximum atomic E-state index is 11.2. The normalized spacial score (nSPS) is 23.8. The largest absolute Gasteiger partial charge is 0.481 e. The average Bonchev–Trinajstić information content (AvgIpc) is 2.78. The third kappa shape index (κ3) is 2.69. The van der Waals surface area contributed by atoms with Gasteiger partial charge in [-0.25, -0.2) is 4.98 Å². The van der Waals surface area contributed by atoms with Crippen molar-refractivity contribution in [3.05, 3.63) is 18.0 Å². The van der Waals surface area contributed by atoms with Crippen molar-refractivity contribution in [1.82, 2.24) is 15.2 Å². The molecule has 1 heterocycles. The van der Waals surface area contributed by atoms with Gasteiger partial charge >= 0.3 is 5.97 Å². The second kappa shape index (κ2) is 5.35. The first-order chi connectivity index (χ1) is 8.22. The number of aromatic amines is 1. The SMILES string of the molecule is CCSc1n[nH]c(C2CC=CCC2C(=O)O)n1. The van der Waals surface area contributed by atoms with Crippen LogP contribution in [0.2, 0.25) is 0 Å². The predicted molar refractivity (Wildman–Crippen MR) is 65.0 cm³/mol. The lowest BCUT2D eigenvalue weighted by molar-refractivity contribution is -0.142. The number of nitrogens with zero attached hydrogens (tertiary/aromatic N) is 2. The third-order valence-corrected chi connectivity index (χ3v) is 3.59. The summed E-state index contributed by atoms with van der Waals surface area (Å²) in [7, 11) is 0. The smallest absolute Gasteiger partial charge is 0.307 e. The number of aliphatic carboxylic acids is 1. The van der Waals surface area contributed by atoms with E-state index in [4.69, 9.17) is 0 Å². The minimum Gasteiger partial charge on any atom is -0.481 e. The van der Waals surface area contributed by atoms with Crippen LogP contribution < -0.4 is 0 Å². The molecule has 0 saturated heterocycles. The molecule has 2 rings (SSSR count). The predicted octanol–water partition coefficient (Wildman–Crippen LogP) is 2.05. The zero-order valence-electron chi connectivity index (χ0n) is 9.59. The average molecular weight is 253 g/mol. The number of H-pyrrole nitrogens is 1. The molecular weight excluding hydrogens is 238 g/mol. The summed E-state index contributed by atoms with van der Waals surface area (Å²) in [6, 6.07) is 0. The second-order valence-electron chi connectivity index (χ2n) is 3.93. The summed E-state index contributed by atoms with van der Waals surface area (Å²) >= 11 is 1.55. The van der Waals surface area contributed by atoms with Crippen LogP contribution in [0.3, 0.4) is 0 Å². The van der Waals surface area contributed by atoms with Crippen LogP contribution in [0.15, 0.2) is 17.3 Å². The second-order valence-corrected chi connectivity index (χ2v) is 5.16. The van der Waals surface area contributed by atoms with Gasteiger partial charge in [0.1, 0.15) is 5.82 Å². The number of carbonyl (C=O) groups is 1. The number of hydrogen-bond acceptors (Lipinski definition) is 4. The molecule has 2 unspecified atom stereocenters. The molecule has 1 aromatic rings. The molecule has 5 nitrogen and oxygen atoms in total. The van der Waals surface area contributed by atoms with Crippen molar-refractivity contribution in [2.75, 3.05) is 5.75 Å². The molecule has 6 heteroatoms. The van der Waals surface area contributed by atoms with E-state index in [2.05, 4.69) is 15.2 Å². The number of thioether (sulfide) groups is 1. The number of nitrogens with one attached hydrogen (secondary N) is 1. The molecule has 2 atom stereocenters. The van der Waals surface area contributed by atoms with Gasteiger partial charge in [-0.15, -0.1) is 5.10 Å². The molecule has 0 aliphatic heterocycles. The Morgan fingerprint density at radius 1 is 1.59 bits per heavy atom. The number of carboxylic acid groups (broad SMARTS) is 1. The number of allylic oxidation sites excluding steroid dienone is 2. The molecular formula is C11H15N3O2S. The highest BCUT2D eigenvalue weighted by atomic mass is 32.2. The molecule has 0 amide bonds. The molecule has 1 aliphatic carbocycles. The fraction of sp³-hybridized carbons (Fsp3) is 0.545. The van der Waals surface area contributed by atoms with Gasteiger partial charge in [-0.2, -0.15) is 0 Å². The van der Waals surface area contributed by atoms with Gasteiger partial charge < -0.3 is 5.11 Å². The molecule has 0 bridgehead atoms. The van der Waals surface area contributed by atoms with Crippen molar-refractivity contribution < 1.29 is 9.90 Å². The first kappa shape index (κ1) is 12.2. The van der Waals surface area contributed by atoms with Crippen molar-refractivity contribution >= 4 is 17.7 Å². The van der Waals surface area contributed by atoms with Gasteiger partial charge in [-0.1, -0.05) is 30.8 Å². The van der Waals surface area contributed by atoms with Crippen LogP contribution in [0.5, 0.6) is 0 Å². The van der Waals surface area contributed by atoms with Crippen LogP contribution in [-0.2, 0) is 4.79 Å². The molecule has 2 N–H and O–H groups in total. The van der Waals surface area contributed by atoms with E-state index in [1.54, 1.807) is 11.8 Å². The fourth-order valence-electron chi connectivity index (χ4n) is 2.01. The summed E-state index contributed by atoms with van der Waals surface area (Å²) in [5, 5.41) is 16.8. The molecule has 17 heavy (non-hydrogen) atoms. The van der Waals surface area contributed by atoms with Gasteiger partial charge in [-0.3, -0.25) is 9.89 Å². The quantitative estimate of drug-likeness (QED) is 0.634. The van der Waals surface area contributed by atoms with E-state index in [9.17, 15) is 9.90 Å². The summed E-state index contributed by atoms with van der Waals surface area (Å²) in [6.45, 7) is 2.03. The Hall–Kier alpha value is -1.30. The van der Waals surface area contributed by atoms with Crippen LogP contribution in [0, 0.1) is 5.92 Å². The van der Waals surface area contributed by atoms with Gasteiger partial charge in [0.05, 0.1) is 5.92 Å². The lowest BCUT2D eigenvalue weighted by Crippen LogP contribution is -2.24. The molecule has 0 aromatic carbocycles. The summed E-state index contributed by atoms with van der Waals surface area (Å²) in [5.41, 5.74) is 0. The maximum Gasteiger partial charge on any atom is 0.307 e. The van der Waals surface area contributed by atoms with E-state index < -0.39 is 11.9 Å². The standard InChI is InChI=1S/C11H15N3O2S/c1-2-17-11-12-9(13-14-11)7-5-3-4-6-8(7)10(15)16/h3-4,7-8H,2,5-6H2,1H3,(H,15,16)(H,12,13,14). The first-order valence-corrected chi connectivity index (χ1v) is 6.63. The van der Waals surface area contributed by atoms with E-state index >= 15 is 0 Å². The first-order valence-electron chi connectivity index (χ1n) is 5.65. The minimum absolute atomic E-state index is 0.0868. The number of aromatic nitrogens is 3. The highest BCUT2D eigenvalue weighted by Gasteiger charge is 2.32. The Morgan fingerprint density at radius 2 is 2.35 bits per heavy atom. The van der Waals surface area contributed by atoms with Crippen LogP contribution in [0.4, 0.5) is 0 Å². The van der Waals surface area contributed by atoms with Gasteiger partial charge in [0.2, 0.25) is 5.16 Å². The van der Waals surface area contributed by atoms with Gasteiger partial charge in [0, 0.05) is 5.92 Å². The summed E-state index contributed by atoms with van der Waals surface area (Å²) in [5.74, 6) is 0.353. The highest BCUT2D eigenvalue weighted by Crippen LogP contribution is 2.33. The fourth-order valence-corrected chi connectivity index (χ4v) is 2.54. The molecule has 0 saturated carbocycles. The molecule has 92 valence electrons. The molecule has 0 fully saturated rings. The van der Waals surface area contributed by atoms with Crippen molar-refractivity contribution in [2.45, 2.75) is 30.8 Å². The zero-order chi connectivity index (χ0) is 12.3. The Bertz CT molecular complexity index is 430. The van der Waals surface area contributed by atoms with E-state index in [1.807, 2.05) is 19.1 Å². The van der Waals surface area contributed by atoms with Crippen LogP contribution in [0.1, 0.15) is 31.5 Å². The van der Waals surface area contributed by atoms with Crippen molar-refractivity contribution in [3.8, 4) is 0 Å². The lowest BCUT2D eigenvalue weighted by atomic mass is 9.82. The monoisotopic (exact) mass is 253 g/mol. The molecule has 1 aliphatic rings. The maximum absolute atomic E-state index is 11.2. The topological polar surface area (TPSA) is 78.9 Å². The van der Waals surface area contributed by atoms with Crippen LogP contribution in [-0.4, -0.2) is 32.0 Å². The number of carboxylic acids is 1. The molecule has 0 radical (unpaired) electrons. The van der Waals surface area contributed by atoms with Crippen LogP contribution in [0.25, 0.3) is 0 Å². The Morgan fingerprint density at radius 3 is 3.06 bits per heavy atom. The van der Waals surface area contributed by atoms with E-state index in [0.717, 1.165) is 5.75 Å². The van der Waals surface area contributed by atoms with Gasteiger partial charge in [0.25, 0.3) is 0 Å². The summed E-state index contributed by atoms with van der Waals surface area (Å²) in [6.07, 6.45) is 5.21. The van der Waals surface area contributed by atoms with Crippen LogP contribution >= 0.6 is 11.8 Å². The van der Waals surface area contributed by atoms with Crippen molar-refractivity contribution in [3.63, 3.8) is 0 Å². The lowest BCUT2D eigenvalue weighted by Gasteiger charge is -2.22. The minimum atomic E-state index is -0.763. The van der Waals surface area contributed by atoms with Crippen molar-refractivity contribution in [2.24, 2.45) is 5.92 Å².